The van der Waals surface area contributed by atoms with Gasteiger partial charge < -0.3 is 9.84 Å². The van der Waals surface area contributed by atoms with Gasteiger partial charge in [-0.05, 0) is 109 Å². The molecule has 2 saturated carbocycles. The molecule has 2 aliphatic rings. The van der Waals surface area contributed by atoms with Crippen molar-refractivity contribution in [3.8, 4) is 11.5 Å². The Balaban J connectivity index is 1.47. The van der Waals surface area contributed by atoms with Crippen molar-refractivity contribution in [3.63, 3.8) is 0 Å². The number of hydrogen-bond acceptors (Lipinski definition) is 3. The van der Waals surface area contributed by atoms with E-state index in [4.69, 9.17) is 4.74 Å². The number of phenols is 1. The molecule has 2 atom stereocenters. The van der Waals surface area contributed by atoms with Crippen LogP contribution >= 0.6 is 0 Å². The smallest absolute Gasteiger partial charge is 0.343 e. The lowest BCUT2D eigenvalue weighted by molar-refractivity contribution is 0.0732. The first-order chi connectivity index (χ1) is 19.6. The number of esters is 1. The van der Waals surface area contributed by atoms with Crippen LogP contribution in [0.3, 0.4) is 0 Å². The van der Waals surface area contributed by atoms with Gasteiger partial charge in [0, 0.05) is 0 Å². The van der Waals surface area contributed by atoms with E-state index in [1.807, 2.05) is 36.4 Å². The zero-order chi connectivity index (χ0) is 27.9. The Labute approximate surface area is 241 Å². The number of rotatable bonds is 9. The summed E-state index contributed by atoms with van der Waals surface area (Å²) in [7, 11) is 0. The summed E-state index contributed by atoms with van der Waals surface area (Å²) in [6, 6.07) is 22.3. The molecule has 3 aromatic carbocycles. The van der Waals surface area contributed by atoms with Gasteiger partial charge in [0.05, 0.1) is 5.56 Å². The van der Waals surface area contributed by atoms with Gasteiger partial charge in [-0.15, -0.1) is 0 Å². The normalized spacial score (nSPS) is 18.2. The maximum atomic E-state index is 13.0. The standard InChI is InChI=1S/C37H46O3/c1-3-31(29-20-22-35(38)33(24-29)26-14-8-5-9-15-26)32(4-2)30-21-23-36(34(25-30)27-16-10-6-11-17-27)40-37(39)28-18-12-7-13-19-28/h7,12-13,18-27,31-32,38H,3-6,8-11,14-17H2,1-2H3/t31-,32-/m0/s1. The Hall–Kier alpha value is -3.07. The number of benzene rings is 3. The van der Waals surface area contributed by atoms with Gasteiger partial charge in [-0.2, -0.15) is 0 Å². The van der Waals surface area contributed by atoms with Crippen LogP contribution in [-0.2, 0) is 0 Å². The number of hydrogen-bond donors (Lipinski definition) is 1. The molecule has 0 bridgehead atoms. The molecule has 40 heavy (non-hydrogen) atoms. The molecule has 1 N–H and O–H groups in total. The summed E-state index contributed by atoms with van der Waals surface area (Å²) in [4.78, 5) is 13.0. The quantitative estimate of drug-likeness (QED) is 0.218. The van der Waals surface area contributed by atoms with Crippen molar-refractivity contribution in [1.82, 2.24) is 0 Å². The van der Waals surface area contributed by atoms with Crippen LogP contribution in [0.15, 0.2) is 66.7 Å². The second kappa shape index (κ2) is 13.5. The highest BCUT2D eigenvalue weighted by Crippen LogP contribution is 2.45. The first-order valence-corrected chi connectivity index (χ1v) is 15.8. The van der Waals surface area contributed by atoms with E-state index in [9.17, 15) is 9.90 Å². The fourth-order valence-electron chi connectivity index (χ4n) is 7.41. The lowest BCUT2D eigenvalue weighted by Crippen LogP contribution is -2.15. The highest BCUT2D eigenvalue weighted by atomic mass is 16.5. The molecule has 212 valence electrons. The fourth-order valence-corrected chi connectivity index (χ4v) is 7.41. The Morgan fingerprint density at radius 2 is 1.25 bits per heavy atom. The molecule has 0 aliphatic heterocycles. The molecular weight excluding hydrogens is 492 g/mol. The molecule has 3 heteroatoms. The molecule has 2 fully saturated rings. The van der Waals surface area contributed by atoms with Gasteiger partial charge in [-0.25, -0.2) is 4.79 Å². The number of ether oxygens (including phenoxy) is 1. The van der Waals surface area contributed by atoms with E-state index in [1.165, 1.54) is 68.1 Å². The molecule has 0 heterocycles. The van der Waals surface area contributed by atoms with E-state index < -0.39 is 0 Å². The number of carbonyl (C=O) groups excluding carboxylic acids is 1. The summed E-state index contributed by atoms with van der Waals surface area (Å²) in [6.45, 7) is 4.58. The largest absolute Gasteiger partial charge is 0.508 e. The summed E-state index contributed by atoms with van der Waals surface area (Å²) in [6.07, 6.45) is 14.3. The van der Waals surface area contributed by atoms with Crippen LogP contribution in [0.1, 0.15) is 147 Å². The first kappa shape index (κ1) is 28.5. The monoisotopic (exact) mass is 538 g/mol. The van der Waals surface area contributed by atoms with Crippen LogP contribution in [0.4, 0.5) is 0 Å². The minimum absolute atomic E-state index is 0.289. The lowest BCUT2D eigenvalue weighted by Gasteiger charge is -2.30. The van der Waals surface area contributed by atoms with Gasteiger partial charge in [-0.1, -0.05) is 94.8 Å². The van der Waals surface area contributed by atoms with Crippen LogP contribution < -0.4 is 4.74 Å². The van der Waals surface area contributed by atoms with Gasteiger partial charge in [-0.3, -0.25) is 0 Å². The highest BCUT2D eigenvalue weighted by Gasteiger charge is 2.28. The fraction of sp³-hybridized carbons (Fsp3) is 0.486. The topological polar surface area (TPSA) is 46.5 Å². The van der Waals surface area contributed by atoms with Crippen molar-refractivity contribution in [2.75, 3.05) is 0 Å². The van der Waals surface area contributed by atoms with Crippen molar-refractivity contribution in [3.05, 3.63) is 94.5 Å². The first-order valence-electron chi connectivity index (χ1n) is 15.8. The third-order valence-corrected chi connectivity index (χ3v) is 9.61. The molecule has 0 spiro atoms. The lowest BCUT2D eigenvalue weighted by atomic mass is 9.75. The van der Waals surface area contributed by atoms with Crippen molar-refractivity contribution < 1.29 is 14.6 Å². The average molecular weight is 539 g/mol. The number of aromatic hydroxyl groups is 1. The summed E-state index contributed by atoms with van der Waals surface area (Å²) >= 11 is 0. The predicted octanol–water partition coefficient (Wildman–Crippen LogP) is 10.4. The molecule has 0 aromatic heterocycles. The van der Waals surface area contributed by atoms with Crippen LogP contribution in [0.5, 0.6) is 11.5 Å². The zero-order valence-electron chi connectivity index (χ0n) is 24.4. The Morgan fingerprint density at radius 3 is 1.82 bits per heavy atom. The molecule has 3 aromatic rings. The minimum atomic E-state index is -0.289. The molecule has 0 unspecified atom stereocenters. The Kier molecular flexibility index (Phi) is 9.62. The van der Waals surface area contributed by atoms with Crippen molar-refractivity contribution in [2.24, 2.45) is 0 Å². The van der Waals surface area contributed by atoms with Crippen molar-refractivity contribution >= 4 is 5.97 Å². The molecular formula is C37H46O3. The summed E-state index contributed by atoms with van der Waals surface area (Å²) in [5.74, 6) is 2.52. The average Bonchev–Trinajstić information content (AvgIpc) is 3.02. The molecule has 0 saturated heterocycles. The molecule has 3 nitrogen and oxygen atoms in total. The van der Waals surface area contributed by atoms with Crippen LogP contribution in [0.2, 0.25) is 0 Å². The molecule has 5 rings (SSSR count). The minimum Gasteiger partial charge on any atom is -0.508 e. The van der Waals surface area contributed by atoms with Crippen LogP contribution in [0.25, 0.3) is 0 Å². The van der Waals surface area contributed by atoms with Crippen LogP contribution in [-0.4, -0.2) is 11.1 Å². The predicted molar refractivity (Wildman–Crippen MR) is 164 cm³/mol. The van der Waals surface area contributed by atoms with Crippen molar-refractivity contribution in [2.45, 2.75) is 115 Å². The third kappa shape index (κ3) is 6.45. The van der Waals surface area contributed by atoms with Crippen molar-refractivity contribution in [1.29, 1.82) is 0 Å². The van der Waals surface area contributed by atoms with Gasteiger partial charge in [0.1, 0.15) is 11.5 Å². The molecule has 0 radical (unpaired) electrons. The molecule has 2 aliphatic carbocycles. The van der Waals surface area contributed by atoms with E-state index >= 15 is 0 Å². The van der Waals surface area contributed by atoms with Crippen LogP contribution in [0, 0.1) is 0 Å². The second-order valence-electron chi connectivity index (χ2n) is 12.1. The summed E-state index contributed by atoms with van der Waals surface area (Å²) < 4.78 is 6.05. The maximum Gasteiger partial charge on any atom is 0.343 e. The Bertz CT molecular complexity index is 1250. The third-order valence-electron chi connectivity index (χ3n) is 9.61. The Morgan fingerprint density at radius 1 is 0.725 bits per heavy atom. The van der Waals surface area contributed by atoms with Gasteiger partial charge in [0.25, 0.3) is 0 Å². The van der Waals surface area contributed by atoms with E-state index in [-0.39, 0.29) is 5.97 Å². The zero-order valence-corrected chi connectivity index (χ0v) is 24.4. The summed E-state index contributed by atoms with van der Waals surface area (Å²) in [5.41, 5.74) is 5.60. The highest BCUT2D eigenvalue weighted by molar-refractivity contribution is 5.91. The summed E-state index contributed by atoms with van der Waals surface area (Å²) in [5, 5.41) is 10.8. The number of carbonyl (C=O) groups is 1. The second-order valence-corrected chi connectivity index (χ2v) is 12.1. The maximum absolute atomic E-state index is 13.0. The van der Waals surface area contributed by atoms with E-state index in [1.54, 1.807) is 0 Å². The SMILES string of the molecule is CC[C@@H](c1ccc(O)c(C2CCCCC2)c1)[C@@H](CC)c1ccc(OC(=O)c2ccccc2)c(C2CCCCC2)c1. The van der Waals surface area contributed by atoms with E-state index in [2.05, 4.69) is 44.2 Å². The van der Waals surface area contributed by atoms with Gasteiger partial charge >= 0.3 is 5.97 Å². The van der Waals surface area contributed by atoms with Gasteiger partial charge in [0.2, 0.25) is 0 Å². The molecule has 0 amide bonds. The van der Waals surface area contributed by atoms with E-state index in [0.717, 1.165) is 37.0 Å². The van der Waals surface area contributed by atoms with Gasteiger partial charge in [0.15, 0.2) is 0 Å². The van der Waals surface area contributed by atoms with E-state index in [0.29, 0.717) is 35.0 Å². The number of phenolic OH excluding ortho intramolecular Hbond substituents is 1.